The van der Waals surface area contributed by atoms with Gasteiger partial charge >= 0.3 is 5.97 Å². The minimum absolute atomic E-state index is 0.172. The first-order valence-electron chi connectivity index (χ1n) is 11.8. The van der Waals surface area contributed by atoms with Crippen molar-refractivity contribution in [2.45, 2.75) is 32.4 Å². The van der Waals surface area contributed by atoms with Crippen molar-refractivity contribution in [3.63, 3.8) is 0 Å². The predicted molar refractivity (Wildman–Crippen MR) is 132 cm³/mol. The van der Waals surface area contributed by atoms with Crippen molar-refractivity contribution in [2.75, 3.05) is 33.9 Å². The smallest absolute Gasteiger partial charge is 0.343 e. The second-order valence-electron chi connectivity index (χ2n) is 8.46. The van der Waals surface area contributed by atoms with Gasteiger partial charge in [-0.2, -0.15) is 0 Å². The number of hydrogen-bond donors (Lipinski definition) is 0. The number of pyridine rings is 2. The molecule has 0 unspecified atom stereocenters. The summed E-state index contributed by atoms with van der Waals surface area (Å²) in [7, 11) is 3.01. The highest BCUT2D eigenvalue weighted by molar-refractivity contribution is 5.93. The Morgan fingerprint density at radius 2 is 1.91 bits per heavy atom. The topological polar surface area (TPSA) is 82.9 Å². The van der Waals surface area contributed by atoms with Crippen LogP contribution in [0.1, 0.15) is 33.6 Å². The summed E-state index contributed by atoms with van der Waals surface area (Å²) in [5.74, 6) is 0.635. The highest BCUT2D eigenvalue weighted by atomic mass is 16.5. The Hall–Kier alpha value is -3.65. The zero-order valence-corrected chi connectivity index (χ0v) is 20.2. The van der Waals surface area contributed by atoms with E-state index >= 15 is 0 Å². The van der Waals surface area contributed by atoms with Gasteiger partial charge in [-0.05, 0) is 30.5 Å². The number of esters is 1. The van der Waals surface area contributed by atoms with Gasteiger partial charge in [0, 0.05) is 62.3 Å². The summed E-state index contributed by atoms with van der Waals surface area (Å²) >= 11 is 0. The Morgan fingerprint density at radius 1 is 1.06 bits per heavy atom. The standard InChI is InChI=1S/C27H31N3O5/c1-33-23-10-4-3-9-21(23)19-29-13-11-22-26(27(32)34-2)24(17-25(31)30(22)15-14-29)35-16-6-8-20-7-5-12-28-18-20/h3-5,7,9-10,12,17-18H,6,8,11,13-16,19H2,1-2H3. The Balaban J connectivity index is 1.51. The lowest BCUT2D eigenvalue weighted by Gasteiger charge is -2.20. The van der Waals surface area contributed by atoms with E-state index in [-0.39, 0.29) is 11.3 Å². The minimum atomic E-state index is -0.491. The van der Waals surface area contributed by atoms with Gasteiger partial charge in [-0.15, -0.1) is 0 Å². The molecular weight excluding hydrogens is 446 g/mol. The number of hydrogen-bond acceptors (Lipinski definition) is 7. The summed E-state index contributed by atoms with van der Waals surface area (Å²) in [5, 5.41) is 0. The average Bonchev–Trinajstić information content (AvgIpc) is 3.10. The van der Waals surface area contributed by atoms with Crippen LogP contribution in [0, 0.1) is 0 Å². The van der Waals surface area contributed by atoms with Crippen molar-refractivity contribution in [3.05, 3.63) is 87.6 Å². The number of fused-ring (bicyclic) bond motifs is 1. The Bertz CT molecular complexity index is 1210. The van der Waals surface area contributed by atoms with Crippen molar-refractivity contribution >= 4 is 5.97 Å². The number of nitrogens with zero attached hydrogens (tertiary/aromatic N) is 3. The molecule has 0 saturated carbocycles. The zero-order valence-electron chi connectivity index (χ0n) is 20.2. The molecule has 1 aromatic carbocycles. The fraction of sp³-hybridized carbons (Fsp3) is 0.370. The number of rotatable bonds is 9. The van der Waals surface area contributed by atoms with Crippen LogP contribution in [0.15, 0.2) is 59.7 Å². The molecule has 0 fully saturated rings. The normalized spacial score (nSPS) is 13.5. The SMILES string of the molecule is COC(=O)c1c(OCCCc2cccnc2)cc(=O)n2c1CCN(Cc1ccccc1OC)CC2. The van der Waals surface area contributed by atoms with E-state index in [9.17, 15) is 9.59 Å². The van der Waals surface area contributed by atoms with Gasteiger partial charge < -0.3 is 18.8 Å². The zero-order chi connectivity index (χ0) is 24.6. The van der Waals surface area contributed by atoms with E-state index in [4.69, 9.17) is 14.2 Å². The van der Waals surface area contributed by atoms with E-state index in [1.54, 1.807) is 17.9 Å². The quantitative estimate of drug-likeness (QED) is 0.346. The third kappa shape index (κ3) is 5.89. The van der Waals surface area contributed by atoms with E-state index < -0.39 is 5.97 Å². The van der Waals surface area contributed by atoms with Crippen molar-refractivity contribution in [2.24, 2.45) is 0 Å². The summed E-state index contributed by atoms with van der Waals surface area (Å²) < 4.78 is 18.2. The molecule has 0 atom stereocenters. The molecule has 2 aromatic heterocycles. The molecule has 0 N–H and O–H groups in total. The van der Waals surface area contributed by atoms with Crippen LogP contribution in [0.5, 0.6) is 11.5 Å². The molecule has 3 heterocycles. The van der Waals surface area contributed by atoms with E-state index in [2.05, 4.69) is 9.88 Å². The van der Waals surface area contributed by atoms with Crippen LogP contribution in [-0.2, 0) is 30.7 Å². The summed E-state index contributed by atoms with van der Waals surface area (Å²) in [6, 6.07) is 13.2. The fourth-order valence-electron chi connectivity index (χ4n) is 4.47. The summed E-state index contributed by atoms with van der Waals surface area (Å²) in [4.78, 5) is 32.2. The third-order valence-electron chi connectivity index (χ3n) is 6.25. The van der Waals surface area contributed by atoms with Crippen molar-refractivity contribution < 1.29 is 19.0 Å². The van der Waals surface area contributed by atoms with Crippen molar-refractivity contribution in [3.8, 4) is 11.5 Å². The highest BCUT2D eigenvalue weighted by Crippen LogP contribution is 2.26. The Kier molecular flexibility index (Phi) is 8.15. The first kappa shape index (κ1) is 24.5. The third-order valence-corrected chi connectivity index (χ3v) is 6.25. The number of aromatic nitrogens is 2. The predicted octanol–water partition coefficient (Wildman–Crippen LogP) is 3.11. The highest BCUT2D eigenvalue weighted by Gasteiger charge is 2.26. The lowest BCUT2D eigenvalue weighted by Crippen LogP contribution is -2.29. The van der Waals surface area contributed by atoms with Crippen LogP contribution in [0.2, 0.25) is 0 Å². The molecule has 0 saturated heterocycles. The second-order valence-corrected chi connectivity index (χ2v) is 8.46. The number of methoxy groups -OCH3 is 2. The van der Waals surface area contributed by atoms with Gasteiger partial charge in [0.15, 0.2) is 0 Å². The maximum Gasteiger partial charge on any atom is 0.343 e. The molecule has 3 aromatic rings. The second kappa shape index (κ2) is 11.7. The largest absolute Gasteiger partial charge is 0.496 e. The molecule has 0 bridgehead atoms. The van der Waals surface area contributed by atoms with E-state index in [1.807, 2.05) is 42.6 Å². The van der Waals surface area contributed by atoms with E-state index in [1.165, 1.54) is 13.2 Å². The van der Waals surface area contributed by atoms with Crippen LogP contribution in [0.4, 0.5) is 0 Å². The average molecular weight is 478 g/mol. The number of benzene rings is 1. The molecule has 184 valence electrons. The van der Waals surface area contributed by atoms with Gasteiger partial charge in [-0.1, -0.05) is 24.3 Å². The van der Waals surface area contributed by atoms with Crippen molar-refractivity contribution in [1.82, 2.24) is 14.5 Å². The van der Waals surface area contributed by atoms with Crippen LogP contribution >= 0.6 is 0 Å². The summed E-state index contributed by atoms with van der Waals surface area (Å²) in [5.41, 5.74) is 3.02. The molecule has 0 spiro atoms. The maximum absolute atomic E-state index is 13.0. The Morgan fingerprint density at radius 3 is 2.69 bits per heavy atom. The summed E-state index contributed by atoms with van der Waals surface area (Å²) in [6.07, 6.45) is 5.62. The molecule has 1 aliphatic heterocycles. The van der Waals surface area contributed by atoms with Gasteiger partial charge in [0.1, 0.15) is 17.1 Å². The molecule has 1 aliphatic rings. The molecule has 0 radical (unpaired) electrons. The molecule has 8 heteroatoms. The van der Waals surface area contributed by atoms with E-state index in [0.717, 1.165) is 29.7 Å². The lowest BCUT2D eigenvalue weighted by molar-refractivity contribution is 0.0593. The molecular formula is C27H31N3O5. The van der Waals surface area contributed by atoms with Gasteiger partial charge in [-0.25, -0.2) is 4.79 Å². The van der Waals surface area contributed by atoms with Crippen LogP contribution in [-0.4, -0.2) is 54.3 Å². The van der Waals surface area contributed by atoms with Gasteiger partial charge in [0.25, 0.3) is 5.56 Å². The first-order valence-corrected chi connectivity index (χ1v) is 11.8. The van der Waals surface area contributed by atoms with Gasteiger partial charge in [0.2, 0.25) is 0 Å². The number of carbonyl (C=O) groups is 1. The number of para-hydroxylation sites is 1. The number of aryl methyl sites for hydroxylation is 1. The molecule has 8 nitrogen and oxygen atoms in total. The maximum atomic E-state index is 13.0. The van der Waals surface area contributed by atoms with Crippen LogP contribution in [0.25, 0.3) is 0 Å². The van der Waals surface area contributed by atoms with Crippen molar-refractivity contribution in [1.29, 1.82) is 0 Å². The minimum Gasteiger partial charge on any atom is -0.496 e. The number of ether oxygens (including phenoxy) is 3. The molecule has 0 aliphatic carbocycles. The number of carbonyl (C=O) groups excluding carboxylic acids is 1. The lowest BCUT2D eigenvalue weighted by atomic mass is 10.1. The molecule has 0 amide bonds. The van der Waals surface area contributed by atoms with Crippen LogP contribution < -0.4 is 15.0 Å². The van der Waals surface area contributed by atoms with Crippen LogP contribution in [0.3, 0.4) is 0 Å². The molecule has 4 rings (SSSR count). The first-order chi connectivity index (χ1) is 17.1. The van der Waals surface area contributed by atoms with E-state index in [0.29, 0.717) is 50.5 Å². The summed E-state index contributed by atoms with van der Waals surface area (Å²) in [6.45, 7) is 2.91. The van der Waals surface area contributed by atoms with Gasteiger partial charge in [0.05, 0.1) is 20.8 Å². The van der Waals surface area contributed by atoms with Gasteiger partial charge in [-0.3, -0.25) is 14.7 Å². The monoisotopic (exact) mass is 477 g/mol. The fourth-order valence-corrected chi connectivity index (χ4v) is 4.47. The molecule has 35 heavy (non-hydrogen) atoms. The Labute approximate surface area is 205 Å².